The standard InChI is InChI=1S/C20H20N2O4/c1-3-25-17-7-5-4-6-16(17)22-20(23)11-9-15-8-10-18(26-13-12-21)19(14-15)24-2/h4-11,14H,3,13H2,1-2H3,(H,22,23). The summed E-state index contributed by atoms with van der Waals surface area (Å²) in [5.74, 6) is 1.31. The second-order valence-corrected chi connectivity index (χ2v) is 5.11. The average Bonchev–Trinajstić information content (AvgIpc) is 2.66. The van der Waals surface area contributed by atoms with Gasteiger partial charge in [0.2, 0.25) is 5.91 Å². The molecule has 0 saturated carbocycles. The van der Waals surface area contributed by atoms with Gasteiger partial charge in [-0.3, -0.25) is 4.79 Å². The molecule has 0 fully saturated rings. The highest BCUT2D eigenvalue weighted by molar-refractivity contribution is 6.02. The van der Waals surface area contributed by atoms with Gasteiger partial charge >= 0.3 is 0 Å². The molecule has 0 aliphatic rings. The summed E-state index contributed by atoms with van der Waals surface area (Å²) in [5.41, 5.74) is 1.38. The maximum atomic E-state index is 12.2. The van der Waals surface area contributed by atoms with E-state index in [1.54, 1.807) is 36.4 Å². The zero-order chi connectivity index (χ0) is 18.8. The van der Waals surface area contributed by atoms with Gasteiger partial charge in [0.15, 0.2) is 18.1 Å². The first-order valence-electron chi connectivity index (χ1n) is 8.06. The lowest BCUT2D eigenvalue weighted by Crippen LogP contribution is -2.09. The lowest BCUT2D eigenvalue weighted by Gasteiger charge is -2.10. The van der Waals surface area contributed by atoms with Gasteiger partial charge in [-0.05, 0) is 42.8 Å². The number of hydrogen-bond donors (Lipinski definition) is 1. The van der Waals surface area contributed by atoms with E-state index in [1.165, 1.54) is 13.2 Å². The van der Waals surface area contributed by atoms with Gasteiger partial charge in [-0.15, -0.1) is 0 Å². The van der Waals surface area contributed by atoms with E-state index in [9.17, 15) is 4.79 Å². The summed E-state index contributed by atoms with van der Waals surface area (Å²) in [6, 6.07) is 14.3. The van der Waals surface area contributed by atoms with Gasteiger partial charge in [-0.1, -0.05) is 18.2 Å². The predicted octanol–water partition coefficient (Wildman–Crippen LogP) is 3.65. The third-order valence-corrected chi connectivity index (χ3v) is 3.35. The Kier molecular flexibility index (Phi) is 7.07. The van der Waals surface area contributed by atoms with Crippen LogP contribution in [0.25, 0.3) is 6.08 Å². The van der Waals surface area contributed by atoms with E-state index in [0.717, 1.165) is 5.56 Å². The molecule has 2 rings (SSSR count). The molecule has 1 N–H and O–H groups in total. The summed E-state index contributed by atoms with van der Waals surface area (Å²) in [6.45, 7) is 2.34. The summed E-state index contributed by atoms with van der Waals surface area (Å²) in [5, 5.41) is 11.4. The Morgan fingerprint density at radius 1 is 1.15 bits per heavy atom. The monoisotopic (exact) mass is 352 g/mol. The van der Waals surface area contributed by atoms with E-state index in [2.05, 4.69) is 5.32 Å². The number of benzene rings is 2. The summed E-state index contributed by atoms with van der Waals surface area (Å²) >= 11 is 0. The molecule has 0 radical (unpaired) electrons. The van der Waals surface area contributed by atoms with Crippen LogP contribution in [-0.2, 0) is 4.79 Å². The van der Waals surface area contributed by atoms with Gasteiger partial charge in [0.25, 0.3) is 0 Å². The number of carbonyl (C=O) groups is 1. The summed E-state index contributed by atoms with van der Waals surface area (Å²) in [7, 11) is 1.51. The Morgan fingerprint density at radius 3 is 2.69 bits per heavy atom. The minimum Gasteiger partial charge on any atom is -0.493 e. The van der Waals surface area contributed by atoms with E-state index >= 15 is 0 Å². The molecule has 0 spiro atoms. The number of nitrogens with zero attached hydrogens (tertiary/aromatic N) is 1. The second-order valence-electron chi connectivity index (χ2n) is 5.11. The Bertz CT molecular complexity index is 825. The predicted molar refractivity (Wildman–Crippen MR) is 99.4 cm³/mol. The molecule has 0 aromatic heterocycles. The lowest BCUT2D eigenvalue weighted by atomic mass is 10.2. The molecule has 2 aromatic carbocycles. The fourth-order valence-corrected chi connectivity index (χ4v) is 2.21. The van der Waals surface area contributed by atoms with Crippen LogP contribution in [-0.4, -0.2) is 26.2 Å². The molecular formula is C20H20N2O4. The third kappa shape index (κ3) is 5.28. The molecule has 0 saturated heterocycles. The van der Waals surface area contributed by atoms with Gasteiger partial charge in [-0.2, -0.15) is 5.26 Å². The molecule has 0 aliphatic carbocycles. The fourth-order valence-electron chi connectivity index (χ4n) is 2.21. The molecule has 2 aromatic rings. The van der Waals surface area contributed by atoms with E-state index in [0.29, 0.717) is 29.5 Å². The van der Waals surface area contributed by atoms with Gasteiger partial charge in [0.1, 0.15) is 11.8 Å². The topological polar surface area (TPSA) is 80.6 Å². The van der Waals surface area contributed by atoms with Crippen LogP contribution < -0.4 is 19.5 Å². The van der Waals surface area contributed by atoms with Crippen molar-refractivity contribution in [2.75, 3.05) is 25.6 Å². The van der Waals surface area contributed by atoms with Crippen LogP contribution in [0.2, 0.25) is 0 Å². The fraction of sp³-hybridized carbons (Fsp3) is 0.200. The minimum absolute atomic E-state index is 0.0623. The molecule has 0 bridgehead atoms. The van der Waals surface area contributed by atoms with Gasteiger partial charge in [-0.25, -0.2) is 0 Å². The number of carbonyl (C=O) groups excluding carboxylic acids is 1. The van der Waals surface area contributed by atoms with Crippen molar-refractivity contribution in [2.24, 2.45) is 0 Å². The second kappa shape index (κ2) is 9.74. The van der Waals surface area contributed by atoms with Gasteiger partial charge < -0.3 is 19.5 Å². The van der Waals surface area contributed by atoms with Crippen molar-refractivity contribution in [3.05, 3.63) is 54.1 Å². The molecule has 0 unspecified atom stereocenters. The van der Waals surface area contributed by atoms with Crippen molar-refractivity contribution in [2.45, 2.75) is 6.92 Å². The smallest absolute Gasteiger partial charge is 0.248 e. The van der Waals surface area contributed by atoms with Gasteiger partial charge in [0.05, 0.1) is 19.4 Å². The maximum absolute atomic E-state index is 12.2. The normalized spacial score (nSPS) is 10.2. The Hall–Kier alpha value is -3.46. The van der Waals surface area contributed by atoms with Crippen LogP contribution in [0, 0.1) is 11.3 Å². The minimum atomic E-state index is -0.277. The number of rotatable bonds is 8. The van der Waals surface area contributed by atoms with Crippen LogP contribution in [0.1, 0.15) is 12.5 Å². The summed E-state index contributed by atoms with van der Waals surface area (Å²) in [4.78, 5) is 12.2. The molecule has 0 aliphatic heterocycles. The highest BCUT2D eigenvalue weighted by Crippen LogP contribution is 2.28. The SMILES string of the molecule is CCOc1ccccc1NC(=O)C=Cc1ccc(OCC#N)c(OC)c1. The third-order valence-electron chi connectivity index (χ3n) is 3.35. The molecule has 134 valence electrons. The highest BCUT2D eigenvalue weighted by Gasteiger charge is 2.06. The maximum Gasteiger partial charge on any atom is 0.248 e. The molecule has 1 amide bonds. The first kappa shape index (κ1) is 18.9. The first-order valence-corrected chi connectivity index (χ1v) is 8.06. The number of para-hydroxylation sites is 2. The van der Waals surface area contributed by atoms with E-state index in [4.69, 9.17) is 19.5 Å². The summed E-state index contributed by atoms with van der Waals surface area (Å²) in [6.07, 6.45) is 3.09. The van der Waals surface area contributed by atoms with Crippen molar-refractivity contribution in [1.82, 2.24) is 0 Å². The summed E-state index contributed by atoms with van der Waals surface area (Å²) < 4.78 is 16.0. The zero-order valence-corrected chi connectivity index (χ0v) is 14.7. The first-order chi connectivity index (χ1) is 12.7. The van der Waals surface area contributed by atoms with Crippen LogP contribution in [0.4, 0.5) is 5.69 Å². The Labute approximate surface area is 152 Å². The highest BCUT2D eigenvalue weighted by atomic mass is 16.5. The Morgan fingerprint density at radius 2 is 1.96 bits per heavy atom. The number of ether oxygens (including phenoxy) is 3. The van der Waals surface area contributed by atoms with E-state index < -0.39 is 0 Å². The number of amides is 1. The van der Waals surface area contributed by atoms with Crippen LogP contribution in [0.15, 0.2) is 48.5 Å². The molecule has 26 heavy (non-hydrogen) atoms. The number of nitrogens with one attached hydrogen (secondary N) is 1. The van der Waals surface area contributed by atoms with Crippen LogP contribution in [0.3, 0.4) is 0 Å². The van der Waals surface area contributed by atoms with Crippen LogP contribution >= 0.6 is 0 Å². The van der Waals surface area contributed by atoms with Crippen molar-refractivity contribution in [3.63, 3.8) is 0 Å². The van der Waals surface area contributed by atoms with E-state index in [-0.39, 0.29) is 12.5 Å². The Balaban J connectivity index is 2.07. The average molecular weight is 352 g/mol. The quantitative estimate of drug-likeness (QED) is 0.734. The molecule has 6 nitrogen and oxygen atoms in total. The van der Waals surface area contributed by atoms with E-state index in [1.807, 2.05) is 25.1 Å². The molecular weight excluding hydrogens is 332 g/mol. The van der Waals surface area contributed by atoms with Crippen molar-refractivity contribution in [1.29, 1.82) is 5.26 Å². The number of methoxy groups -OCH3 is 1. The molecule has 6 heteroatoms. The number of nitriles is 1. The van der Waals surface area contributed by atoms with Gasteiger partial charge in [0, 0.05) is 6.08 Å². The zero-order valence-electron chi connectivity index (χ0n) is 14.7. The number of hydrogen-bond acceptors (Lipinski definition) is 5. The van der Waals surface area contributed by atoms with Crippen molar-refractivity contribution in [3.8, 4) is 23.3 Å². The lowest BCUT2D eigenvalue weighted by molar-refractivity contribution is -0.111. The molecule has 0 heterocycles. The van der Waals surface area contributed by atoms with Crippen molar-refractivity contribution < 1.29 is 19.0 Å². The number of anilines is 1. The molecule has 0 atom stereocenters. The largest absolute Gasteiger partial charge is 0.493 e. The van der Waals surface area contributed by atoms with Crippen LogP contribution in [0.5, 0.6) is 17.2 Å². The van der Waals surface area contributed by atoms with Crippen molar-refractivity contribution >= 4 is 17.7 Å².